The molecule has 1 N–H and O–H groups in total. The van der Waals surface area contributed by atoms with Crippen LogP contribution in [0.25, 0.3) is 0 Å². The minimum absolute atomic E-state index is 0.293. The van der Waals surface area contributed by atoms with E-state index in [1.807, 2.05) is 0 Å². The molecule has 0 aliphatic rings. The molecule has 1 rings (SSSR count). The molecule has 0 fully saturated rings. The molecule has 0 aliphatic heterocycles. The van der Waals surface area contributed by atoms with Gasteiger partial charge in [0.15, 0.2) is 11.4 Å². The average molecular weight is 340 g/mol. The lowest BCUT2D eigenvalue weighted by molar-refractivity contribution is -0.276. The molecule has 0 unspecified atom stereocenters. The summed E-state index contributed by atoms with van der Waals surface area (Å²) in [7, 11) is 0. The van der Waals surface area contributed by atoms with Crippen molar-refractivity contribution in [3.8, 4) is 11.6 Å². The second-order valence-corrected chi connectivity index (χ2v) is 3.56. The number of pyridine rings is 1. The molecule has 10 heteroatoms. The number of aromatic nitrogens is 1. The molecular weight excluding hydrogens is 336 g/mol. The van der Waals surface area contributed by atoms with Gasteiger partial charge in [-0.2, -0.15) is 13.2 Å². The SMILES string of the molecule is Oc1c(CBr)cc(OC(F)(F)F)nc1C(F)(F)F. The summed E-state index contributed by atoms with van der Waals surface area (Å²) >= 11 is 2.73. The first-order chi connectivity index (χ1) is 8.04. The van der Waals surface area contributed by atoms with Gasteiger partial charge in [-0.25, -0.2) is 4.98 Å². The molecule has 0 saturated carbocycles. The lowest BCUT2D eigenvalue weighted by atomic mass is 10.2. The predicted molar refractivity (Wildman–Crippen MR) is 50.2 cm³/mol. The molecule has 1 heterocycles. The third-order valence-corrected chi connectivity index (χ3v) is 2.29. The normalized spacial score (nSPS) is 12.6. The summed E-state index contributed by atoms with van der Waals surface area (Å²) in [6.07, 6.45) is -10.3. The van der Waals surface area contributed by atoms with E-state index < -0.39 is 35.4 Å². The van der Waals surface area contributed by atoms with E-state index in [2.05, 4.69) is 25.7 Å². The van der Waals surface area contributed by atoms with Gasteiger partial charge in [0.05, 0.1) is 0 Å². The van der Waals surface area contributed by atoms with Crippen LogP contribution in [0.5, 0.6) is 11.6 Å². The second kappa shape index (κ2) is 4.82. The summed E-state index contributed by atoms with van der Waals surface area (Å²) in [5.74, 6) is -2.53. The van der Waals surface area contributed by atoms with Crippen molar-refractivity contribution in [2.75, 3.05) is 0 Å². The maximum Gasteiger partial charge on any atom is 0.574 e. The van der Waals surface area contributed by atoms with Gasteiger partial charge in [-0.1, -0.05) is 15.9 Å². The van der Waals surface area contributed by atoms with Gasteiger partial charge in [0.25, 0.3) is 0 Å². The van der Waals surface area contributed by atoms with Crippen molar-refractivity contribution in [2.45, 2.75) is 17.9 Å². The highest BCUT2D eigenvalue weighted by molar-refractivity contribution is 9.08. The van der Waals surface area contributed by atoms with Crippen LogP contribution in [0.2, 0.25) is 0 Å². The van der Waals surface area contributed by atoms with Crippen LogP contribution in [0.1, 0.15) is 11.3 Å². The number of alkyl halides is 7. The maximum atomic E-state index is 12.4. The van der Waals surface area contributed by atoms with E-state index in [4.69, 9.17) is 0 Å². The van der Waals surface area contributed by atoms with E-state index in [-0.39, 0.29) is 5.33 Å². The minimum atomic E-state index is -5.17. The quantitative estimate of drug-likeness (QED) is 0.661. The van der Waals surface area contributed by atoms with Crippen LogP contribution >= 0.6 is 15.9 Å². The van der Waals surface area contributed by atoms with Crippen LogP contribution in [0.3, 0.4) is 0 Å². The molecule has 0 amide bonds. The molecule has 3 nitrogen and oxygen atoms in total. The Morgan fingerprint density at radius 3 is 2.17 bits per heavy atom. The number of hydrogen-bond donors (Lipinski definition) is 1. The fraction of sp³-hybridized carbons (Fsp3) is 0.375. The van der Waals surface area contributed by atoms with E-state index in [1.165, 1.54) is 0 Å². The fourth-order valence-corrected chi connectivity index (χ4v) is 1.46. The summed E-state index contributed by atoms with van der Waals surface area (Å²) in [6.45, 7) is 0. The van der Waals surface area contributed by atoms with Crippen molar-refractivity contribution in [3.63, 3.8) is 0 Å². The highest BCUT2D eigenvalue weighted by Gasteiger charge is 2.39. The van der Waals surface area contributed by atoms with E-state index in [9.17, 15) is 31.4 Å². The van der Waals surface area contributed by atoms with Gasteiger partial charge in [-0.3, -0.25) is 0 Å². The molecule has 0 radical (unpaired) electrons. The summed E-state index contributed by atoms with van der Waals surface area (Å²) in [4.78, 5) is 2.60. The first kappa shape index (κ1) is 14.9. The smallest absolute Gasteiger partial charge is 0.505 e. The zero-order chi connectivity index (χ0) is 14.1. The lowest BCUT2D eigenvalue weighted by Gasteiger charge is -2.14. The molecule has 0 atom stereocenters. The average Bonchev–Trinajstić information content (AvgIpc) is 2.16. The monoisotopic (exact) mass is 339 g/mol. The number of ether oxygens (including phenoxy) is 1. The number of nitrogens with zero attached hydrogens (tertiary/aromatic N) is 1. The molecule has 0 aromatic carbocycles. The van der Waals surface area contributed by atoms with E-state index in [0.717, 1.165) is 0 Å². The van der Waals surface area contributed by atoms with Gasteiger partial charge in [0.2, 0.25) is 5.88 Å². The molecule has 0 saturated heterocycles. The van der Waals surface area contributed by atoms with Crippen LogP contribution in [0, 0.1) is 0 Å². The Morgan fingerprint density at radius 1 is 1.22 bits per heavy atom. The fourth-order valence-electron chi connectivity index (χ4n) is 1.04. The zero-order valence-electron chi connectivity index (χ0n) is 8.23. The minimum Gasteiger partial charge on any atom is -0.505 e. The number of halogens is 7. The Bertz CT molecular complexity index is 444. The highest BCUT2D eigenvalue weighted by Crippen LogP contribution is 2.39. The van der Waals surface area contributed by atoms with Gasteiger partial charge in [-0.15, -0.1) is 13.2 Å². The van der Waals surface area contributed by atoms with Crippen LogP contribution < -0.4 is 4.74 Å². The van der Waals surface area contributed by atoms with E-state index in [0.29, 0.717) is 6.07 Å². The molecule has 0 spiro atoms. The Kier molecular flexibility index (Phi) is 3.99. The Hall–Kier alpha value is -1.19. The number of aromatic hydroxyl groups is 1. The zero-order valence-corrected chi connectivity index (χ0v) is 9.82. The van der Waals surface area contributed by atoms with Crippen LogP contribution in [-0.2, 0) is 11.5 Å². The van der Waals surface area contributed by atoms with Crippen molar-refractivity contribution in [1.29, 1.82) is 0 Å². The van der Waals surface area contributed by atoms with Crippen molar-refractivity contribution in [1.82, 2.24) is 4.98 Å². The summed E-state index contributed by atoms with van der Waals surface area (Å²) in [5.41, 5.74) is -2.25. The highest BCUT2D eigenvalue weighted by atomic mass is 79.9. The molecule has 102 valence electrons. The third kappa shape index (κ3) is 3.65. The number of hydrogen-bond acceptors (Lipinski definition) is 3. The maximum absolute atomic E-state index is 12.4. The largest absolute Gasteiger partial charge is 0.574 e. The molecule has 18 heavy (non-hydrogen) atoms. The van der Waals surface area contributed by atoms with Crippen molar-refractivity contribution < 1.29 is 36.2 Å². The summed E-state index contributed by atoms with van der Waals surface area (Å²) < 4.78 is 76.2. The van der Waals surface area contributed by atoms with Crippen LogP contribution in [0.4, 0.5) is 26.3 Å². The first-order valence-electron chi connectivity index (χ1n) is 4.16. The van der Waals surface area contributed by atoms with Crippen molar-refractivity contribution >= 4 is 15.9 Å². The summed E-state index contributed by atoms with van der Waals surface area (Å²) in [6, 6.07) is 0.562. The predicted octanol–water partition coefficient (Wildman–Crippen LogP) is 3.60. The molecule has 1 aromatic rings. The second-order valence-electron chi connectivity index (χ2n) is 3.00. The number of rotatable bonds is 2. The molecule has 1 aromatic heterocycles. The van der Waals surface area contributed by atoms with Gasteiger partial charge in [-0.05, 0) is 0 Å². The first-order valence-corrected chi connectivity index (χ1v) is 5.28. The van der Waals surface area contributed by atoms with E-state index >= 15 is 0 Å². The topological polar surface area (TPSA) is 42.4 Å². The van der Waals surface area contributed by atoms with Crippen LogP contribution in [0.15, 0.2) is 6.07 Å². The van der Waals surface area contributed by atoms with Gasteiger partial charge >= 0.3 is 12.5 Å². The van der Waals surface area contributed by atoms with Gasteiger partial charge in [0.1, 0.15) is 0 Å². The van der Waals surface area contributed by atoms with Crippen LogP contribution in [-0.4, -0.2) is 16.5 Å². The Balaban J connectivity index is 3.31. The van der Waals surface area contributed by atoms with Crippen molar-refractivity contribution in [2.24, 2.45) is 0 Å². The van der Waals surface area contributed by atoms with Crippen molar-refractivity contribution in [3.05, 3.63) is 17.3 Å². The molecule has 0 aliphatic carbocycles. The Morgan fingerprint density at radius 2 is 1.78 bits per heavy atom. The molecule has 0 bridgehead atoms. The Labute approximate surface area is 105 Å². The molecular formula is C8H4BrF6NO2. The lowest BCUT2D eigenvalue weighted by Crippen LogP contribution is -2.19. The standard InChI is InChI=1S/C8H4BrF6NO2/c9-2-3-1-4(18-8(13,14)15)16-6(5(3)17)7(10,11)12/h1,17H,2H2. The van der Waals surface area contributed by atoms with Gasteiger partial charge in [0, 0.05) is 17.0 Å². The van der Waals surface area contributed by atoms with Gasteiger partial charge < -0.3 is 9.84 Å². The third-order valence-electron chi connectivity index (χ3n) is 1.68. The summed E-state index contributed by atoms with van der Waals surface area (Å²) in [5, 5.41) is 8.90. The van der Waals surface area contributed by atoms with E-state index in [1.54, 1.807) is 0 Å².